The van der Waals surface area contributed by atoms with Gasteiger partial charge in [-0.3, -0.25) is 9.40 Å². The predicted octanol–water partition coefficient (Wildman–Crippen LogP) is 4.99. The third-order valence-electron chi connectivity index (χ3n) is 6.03. The number of hydrogen-bond acceptors (Lipinski definition) is 4. The number of urea groups is 1. The Morgan fingerprint density at radius 2 is 2.06 bits per heavy atom. The number of nitrogens with one attached hydrogen (secondary N) is 2. The van der Waals surface area contributed by atoms with E-state index in [0.717, 1.165) is 65.7 Å². The lowest BCUT2D eigenvalue weighted by Gasteiger charge is -2.17. The van der Waals surface area contributed by atoms with Crippen molar-refractivity contribution in [2.24, 2.45) is 0 Å². The second kappa shape index (κ2) is 7.67. The lowest BCUT2D eigenvalue weighted by molar-refractivity contribution is 0.257. The molecule has 2 N–H and O–H groups in total. The van der Waals surface area contributed by atoms with Crippen LogP contribution in [0.3, 0.4) is 0 Å². The third-order valence-corrected chi connectivity index (χ3v) is 6.75. The van der Waals surface area contributed by atoms with E-state index in [1.54, 1.807) is 23.0 Å². The van der Waals surface area contributed by atoms with Crippen molar-refractivity contribution in [3.8, 4) is 11.1 Å². The van der Waals surface area contributed by atoms with Crippen molar-refractivity contribution in [1.82, 2.24) is 24.1 Å². The fraction of sp³-hybridized carbons (Fsp3) is 0.261. The topological polar surface area (TPSA) is 76.2 Å². The first-order valence-corrected chi connectivity index (χ1v) is 11.5. The number of halogens is 1. The van der Waals surface area contributed by atoms with E-state index < -0.39 is 6.03 Å². The van der Waals surface area contributed by atoms with E-state index in [0.29, 0.717) is 22.9 Å². The molecule has 7 nitrogen and oxygen atoms in total. The van der Waals surface area contributed by atoms with E-state index in [-0.39, 0.29) is 5.82 Å². The first-order valence-electron chi connectivity index (χ1n) is 10.7. The molecule has 9 heteroatoms. The Bertz CT molecular complexity index is 1340. The molecule has 2 aliphatic carbocycles. The zero-order chi connectivity index (χ0) is 21.7. The van der Waals surface area contributed by atoms with Gasteiger partial charge in [0.25, 0.3) is 0 Å². The van der Waals surface area contributed by atoms with Gasteiger partial charge in [0.1, 0.15) is 10.8 Å². The van der Waals surface area contributed by atoms with Gasteiger partial charge in [-0.25, -0.2) is 13.7 Å². The number of aromatic nitrogens is 4. The van der Waals surface area contributed by atoms with Crippen molar-refractivity contribution < 1.29 is 9.18 Å². The smallest absolute Gasteiger partial charge is 0.306 e. The molecule has 0 spiro atoms. The van der Waals surface area contributed by atoms with E-state index >= 15 is 4.39 Å². The largest absolute Gasteiger partial charge is 0.329 e. The summed E-state index contributed by atoms with van der Waals surface area (Å²) in [7, 11) is 0. The number of benzene rings is 1. The molecule has 162 valence electrons. The number of fused-ring (bicyclic) bond motifs is 2. The number of carbonyl (C=O) groups excluding carboxylic acids is 1. The standard InChI is InChI=1S/C23H21FN6OS/c24-19-13-14-2-1-3-18(14)22(21(19)15-7-10-29-17(12-15)6-9-25-29)26-23(31)28-32-20-8-11-30(27-20)16-4-5-16/h6-13,16H,1-5H2,(H2,26,28,31). The number of carbonyl (C=O) groups is 1. The maximum absolute atomic E-state index is 15.3. The normalized spacial score (nSPS) is 15.2. The highest BCUT2D eigenvalue weighted by Crippen LogP contribution is 2.40. The van der Waals surface area contributed by atoms with Crippen LogP contribution in [0.15, 0.2) is 53.9 Å². The van der Waals surface area contributed by atoms with Crippen LogP contribution in [0.2, 0.25) is 0 Å². The highest BCUT2D eigenvalue weighted by Gasteiger charge is 2.25. The van der Waals surface area contributed by atoms with Gasteiger partial charge in [0.15, 0.2) is 0 Å². The summed E-state index contributed by atoms with van der Waals surface area (Å²) in [5.41, 5.74) is 4.49. The molecular weight excluding hydrogens is 427 g/mol. The highest BCUT2D eigenvalue weighted by molar-refractivity contribution is 7.97. The first kappa shape index (κ1) is 19.4. The minimum Gasteiger partial charge on any atom is -0.306 e. The second-order valence-electron chi connectivity index (χ2n) is 8.24. The van der Waals surface area contributed by atoms with Crippen molar-refractivity contribution in [2.75, 3.05) is 5.32 Å². The number of pyridine rings is 1. The van der Waals surface area contributed by atoms with Gasteiger partial charge in [-0.05, 0) is 79.1 Å². The van der Waals surface area contributed by atoms with Gasteiger partial charge in [-0.15, -0.1) is 0 Å². The quantitative estimate of drug-likeness (QED) is 0.422. The number of anilines is 1. The Kier molecular flexibility index (Phi) is 4.64. The number of rotatable bonds is 5. The number of hydrogen-bond donors (Lipinski definition) is 2. The number of nitrogens with zero attached hydrogens (tertiary/aromatic N) is 4. The number of aryl methyl sites for hydroxylation is 1. The molecule has 0 saturated heterocycles. The summed E-state index contributed by atoms with van der Waals surface area (Å²) >= 11 is 1.16. The zero-order valence-corrected chi connectivity index (χ0v) is 18.0. The molecule has 0 bridgehead atoms. The van der Waals surface area contributed by atoms with Crippen LogP contribution in [0.4, 0.5) is 14.9 Å². The SMILES string of the molecule is O=C(NSc1ccn(C2CC2)n1)Nc1c2c(cc(F)c1-c1ccn3nccc3c1)CCC2. The molecule has 2 amide bonds. The van der Waals surface area contributed by atoms with Crippen LogP contribution in [0.25, 0.3) is 16.6 Å². The van der Waals surface area contributed by atoms with Crippen LogP contribution in [0, 0.1) is 5.82 Å². The molecule has 1 fully saturated rings. The summed E-state index contributed by atoms with van der Waals surface area (Å²) in [4.78, 5) is 12.8. The second-order valence-corrected chi connectivity index (χ2v) is 9.07. The van der Waals surface area contributed by atoms with Gasteiger partial charge in [-0.2, -0.15) is 10.2 Å². The fourth-order valence-electron chi connectivity index (χ4n) is 4.36. The summed E-state index contributed by atoms with van der Waals surface area (Å²) in [5.74, 6) is -0.333. The van der Waals surface area contributed by atoms with Gasteiger partial charge in [0.2, 0.25) is 0 Å². The average molecular weight is 449 g/mol. The van der Waals surface area contributed by atoms with Crippen molar-refractivity contribution in [3.05, 3.63) is 65.9 Å². The zero-order valence-electron chi connectivity index (χ0n) is 17.2. The minimum absolute atomic E-state index is 0.333. The maximum Gasteiger partial charge on any atom is 0.329 e. The van der Waals surface area contributed by atoms with E-state index in [2.05, 4.69) is 20.2 Å². The van der Waals surface area contributed by atoms with Crippen LogP contribution in [-0.2, 0) is 12.8 Å². The summed E-state index contributed by atoms with van der Waals surface area (Å²) in [6.07, 6.45) is 10.3. The van der Waals surface area contributed by atoms with Gasteiger partial charge in [0, 0.05) is 36.1 Å². The molecule has 0 aliphatic heterocycles. The molecule has 0 atom stereocenters. The van der Waals surface area contributed by atoms with E-state index in [1.165, 1.54) is 0 Å². The summed E-state index contributed by atoms with van der Waals surface area (Å²) in [5, 5.41) is 12.3. The molecule has 1 saturated carbocycles. The van der Waals surface area contributed by atoms with E-state index in [9.17, 15) is 4.79 Å². The van der Waals surface area contributed by atoms with Gasteiger partial charge in [-0.1, -0.05) is 0 Å². The van der Waals surface area contributed by atoms with Crippen LogP contribution < -0.4 is 10.0 Å². The number of amides is 2. The first-order chi connectivity index (χ1) is 15.7. The molecule has 0 radical (unpaired) electrons. The van der Waals surface area contributed by atoms with Crippen molar-refractivity contribution >= 4 is 29.2 Å². The fourth-order valence-corrected chi connectivity index (χ4v) is 4.87. The van der Waals surface area contributed by atoms with Crippen molar-refractivity contribution in [1.29, 1.82) is 0 Å². The van der Waals surface area contributed by atoms with Crippen molar-refractivity contribution in [2.45, 2.75) is 43.2 Å². The molecule has 4 aromatic rings. The van der Waals surface area contributed by atoms with Crippen LogP contribution >= 0.6 is 11.9 Å². The monoisotopic (exact) mass is 448 g/mol. The molecular formula is C23H21FN6OS. The summed E-state index contributed by atoms with van der Waals surface area (Å²) < 4.78 is 21.7. The Morgan fingerprint density at radius 3 is 2.94 bits per heavy atom. The molecule has 3 heterocycles. The van der Waals surface area contributed by atoms with Crippen molar-refractivity contribution in [3.63, 3.8) is 0 Å². The van der Waals surface area contributed by atoms with Gasteiger partial charge < -0.3 is 5.32 Å². The molecule has 3 aromatic heterocycles. The Hall–Kier alpha value is -3.33. The Labute approximate surface area is 188 Å². The summed E-state index contributed by atoms with van der Waals surface area (Å²) in [6.45, 7) is 0. The van der Waals surface area contributed by atoms with Gasteiger partial charge >= 0.3 is 6.03 Å². The Balaban J connectivity index is 1.30. The molecule has 6 rings (SSSR count). The lowest BCUT2D eigenvalue weighted by Crippen LogP contribution is -2.24. The lowest BCUT2D eigenvalue weighted by atomic mass is 9.97. The molecule has 2 aliphatic rings. The molecule has 1 aromatic carbocycles. The molecule has 0 unspecified atom stereocenters. The van der Waals surface area contributed by atoms with Crippen LogP contribution in [0.1, 0.15) is 36.4 Å². The minimum atomic E-state index is -0.401. The molecule has 32 heavy (non-hydrogen) atoms. The van der Waals surface area contributed by atoms with Gasteiger partial charge in [0.05, 0.1) is 17.2 Å². The van der Waals surface area contributed by atoms with Crippen LogP contribution in [0.5, 0.6) is 0 Å². The Morgan fingerprint density at radius 1 is 1.16 bits per heavy atom. The van der Waals surface area contributed by atoms with E-state index in [1.807, 2.05) is 35.1 Å². The highest BCUT2D eigenvalue weighted by atomic mass is 32.2. The maximum atomic E-state index is 15.3. The van der Waals surface area contributed by atoms with E-state index in [4.69, 9.17) is 0 Å². The summed E-state index contributed by atoms with van der Waals surface area (Å²) in [6, 6.07) is 9.16. The third kappa shape index (κ3) is 3.52. The average Bonchev–Trinajstić information content (AvgIpc) is 3.17. The van der Waals surface area contributed by atoms with Crippen LogP contribution in [-0.4, -0.2) is 25.4 Å². The predicted molar refractivity (Wildman–Crippen MR) is 121 cm³/mol.